The Morgan fingerprint density at radius 3 is 2.42 bits per heavy atom. The molecule has 0 unspecified atom stereocenters. The summed E-state index contributed by atoms with van der Waals surface area (Å²) in [4.78, 5) is 30.1. The predicted octanol–water partition coefficient (Wildman–Crippen LogP) is 5.43. The van der Waals surface area contributed by atoms with Crippen LogP contribution >= 0.6 is 0 Å². The van der Waals surface area contributed by atoms with Crippen LogP contribution in [0.5, 0.6) is 0 Å². The van der Waals surface area contributed by atoms with Crippen molar-refractivity contribution >= 4 is 23.2 Å². The van der Waals surface area contributed by atoms with Crippen LogP contribution in [-0.2, 0) is 11.3 Å². The molecule has 1 saturated heterocycles. The predicted molar refractivity (Wildman–Crippen MR) is 149 cm³/mol. The van der Waals surface area contributed by atoms with Gasteiger partial charge in [0.05, 0.1) is 11.4 Å². The second-order valence-corrected chi connectivity index (χ2v) is 10.3. The number of nitrogens with two attached hydrogens (primary N) is 1. The monoisotopic (exact) mass is 514 g/mol. The van der Waals surface area contributed by atoms with Crippen molar-refractivity contribution in [2.24, 2.45) is 11.7 Å². The molecule has 0 atom stereocenters. The van der Waals surface area contributed by atoms with E-state index < -0.39 is 0 Å². The van der Waals surface area contributed by atoms with Gasteiger partial charge in [-0.1, -0.05) is 24.3 Å². The van der Waals surface area contributed by atoms with Crippen LogP contribution in [0, 0.1) is 11.7 Å². The Balaban J connectivity index is 1.41. The number of hydrogen-bond donors (Lipinski definition) is 2. The Bertz CT molecular complexity index is 1280. The minimum Gasteiger partial charge on any atom is -0.370 e. The SMILES string of the molecule is NCCCN(Cc1cccc(-c2ccc(N3CCCC3)c(NC(=O)c3ccc(F)cc3)c2)c1)C(=O)C1CC1. The molecular formula is C31H35FN4O2. The van der Waals surface area contributed by atoms with Crippen molar-refractivity contribution in [3.05, 3.63) is 83.7 Å². The Kier molecular flexibility index (Phi) is 8.03. The van der Waals surface area contributed by atoms with Gasteiger partial charge < -0.3 is 20.9 Å². The standard InChI is InChI=1S/C31H35FN4O2/c32-27-12-9-23(10-13-27)30(37)34-28-20-26(11-14-29(28)35-16-1-2-17-35)25-6-3-5-22(19-25)21-36(18-4-15-33)31(38)24-7-8-24/h3,5-6,9-14,19-20,24H,1-2,4,7-8,15-18,21,33H2,(H,34,37). The van der Waals surface area contributed by atoms with E-state index in [0.717, 1.165) is 73.3 Å². The number of anilines is 2. The molecule has 38 heavy (non-hydrogen) atoms. The number of halogens is 1. The van der Waals surface area contributed by atoms with Crippen LogP contribution in [0.3, 0.4) is 0 Å². The molecule has 5 rings (SSSR count). The van der Waals surface area contributed by atoms with Crippen molar-refractivity contribution in [3.8, 4) is 11.1 Å². The molecular weight excluding hydrogens is 479 g/mol. The van der Waals surface area contributed by atoms with E-state index >= 15 is 0 Å². The summed E-state index contributed by atoms with van der Waals surface area (Å²) in [7, 11) is 0. The van der Waals surface area contributed by atoms with E-state index in [1.165, 1.54) is 24.3 Å². The van der Waals surface area contributed by atoms with Crippen LogP contribution in [0.15, 0.2) is 66.7 Å². The van der Waals surface area contributed by atoms with Gasteiger partial charge in [0, 0.05) is 37.7 Å². The zero-order valence-electron chi connectivity index (χ0n) is 21.7. The third-order valence-corrected chi connectivity index (χ3v) is 7.30. The van der Waals surface area contributed by atoms with E-state index in [9.17, 15) is 14.0 Å². The van der Waals surface area contributed by atoms with Crippen molar-refractivity contribution < 1.29 is 14.0 Å². The molecule has 3 aromatic rings. The van der Waals surface area contributed by atoms with Crippen molar-refractivity contribution in [3.63, 3.8) is 0 Å². The molecule has 7 heteroatoms. The molecule has 198 valence electrons. The van der Waals surface area contributed by atoms with Gasteiger partial charge in [-0.25, -0.2) is 4.39 Å². The lowest BCUT2D eigenvalue weighted by molar-refractivity contribution is -0.133. The fourth-order valence-corrected chi connectivity index (χ4v) is 5.05. The molecule has 2 fully saturated rings. The highest BCUT2D eigenvalue weighted by atomic mass is 19.1. The number of nitrogens with zero attached hydrogens (tertiary/aromatic N) is 2. The number of hydrogen-bond acceptors (Lipinski definition) is 4. The van der Waals surface area contributed by atoms with Gasteiger partial charge >= 0.3 is 0 Å². The molecule has 1 saturated carbocycles. The molecule has 6 nitrogen and oxygen atoms in total. The molecule has 2 amide bonds. The van der Waals surface area contributed by atoms with E-state index in [2.05, 4.69) is 34.5 Å². The van der Waals surface area contributed by atoms with Crippen molar-refractivity contribution in [1.29, 1.82) is 0 Å². The Hall–Kier alpha value is -3.71. The Labute approximate surface area is 223 Å². The summed E-state index contributed by atoms with van der Waals surface area (Å²) in [6.45, 7) is 3.68. The molecule has 1 aliphatic carbocycles. The Morgan fingerprint density at radius 1 is 0.974 bits per heavy atom. The van der Waals surface area contributed by atoms with Gasteiger partial charge in [-0.05, 0) is 97.8 Å². The second-order valence-electron chi connectivity index (χ2n) is 10.3. The van der Waals surface area contributed by atoms with Gasteiger partial charge in [0.1, 0.15) is 5.82 Å². The fraction of sp³-hybridized carbons (Fsp3) is 0.355. The third kappa shape index (κ3) is 6.22. The minimum absolute atomic E-state index is 0.168. The van der Waals surface area contributed by atoms with Crippen LogP contribution < -0.4 is 16.0 Å². The highest BCUT2D eigenvalue weighted by molar-refractivity contribution is 6.06. The minimum atomic E-state index is -0.374. The smallest absolute Gasteiger partial charge is 0.255 e. The number of carbonyl (C=O) groups excluding carboxylic acids is 2. The van der Waals surface area contributed by atoms with Gasteiger partial charge in [0.2, 0.25) is 5.91 Å². The molecule has 0 bridgehead atoms. The second kappa shape index (κ2) is 11.8. The summed E-state index contributed by atoms with van der Waals surface area (Å²) in [5.74, 6) is -0.252. The normalized spacial score (nSPS) is 14.9. The summed E-state index contributed by atoms with van der Waals surface area (Å²) < 4.78 is 13.4. The van der Waals surface area contributed by atoms with E-state index in [1.54, 1.807) is 0 Å². The highest BCUT2D eigenvalue weighted by Crippen LogP contribution is 2.35. The van der Waals surface area contributed by atoms with Gasteiger partial charge in [-0.2, -0.15) is 0 Å². The maximum Gasteiger partial charge on any atom is 0.255 e. The fourth-order valence-electron chi connectivity index (χ4n) is 5.05. The summed E-state index contributed by atoms with van der Waals surface area (Å²) in [6, 6.07) is 20.0. The first-order chi connectivity index (χ1) is 18.5. The van der Waals surface area contributed by atoms with Crippen LogP contribution in [0.1, 0.15) is 48.0 Å². The van der Waals surface area contributed by atoms with Gasteiger partial charge in [-0.3, -0.25) is 9.59 Å². The lowest BCUT2D eigenvalue weighted by Crippen LogP contribution is -2.33. The van der Waals surface area contributed by atoms with E-state index in [-0.39, 0.29) is 23.5 Å². The van der Waals surface area contributed by atoms with Crippen LogP contribution in [-0.4, -0.2) is 42.9 Å². The summed E-state index contributed by atoms with van der Waals surface area (Å²) in [5.41, 5.74) is 10.9. The topological polar surface area (TPSA) is 78.7 Å². The molecule has 0 radical (unpaired) electrons. The molecule has 3 aromatic carbocycles. The quantitative estimate of drug-likeness (QED) is 0.378. The highest BCUT2D eigenvalue weighted by Gasteiger charge is 2.33. The molecule has 1 heterocycles. The zero-order chi connectivity index (χ0) is 26.5. The van der Waals surface area contributed by atoms with Gasteiger partial charge in [0.25, 0.3) is 5.91 Å². The maximum atomic E-state index is 13.4. The van der Waals surface area contributed by atoms with E-state index in [4.69, 9.17) is 5.73 Å². The number of carbonyl (C=O) groups is 2. The average molecular weight is 515 g/mol. The number of rotatable bonds is 10. The largest absolute Gasteiger partial charge is 0.370 e. The lowest BCUT2D eigenvalue weighted by Gasteiger charge is -2.24. The van der Waals surface area contributed by atoms with Gasteiger partial charge in [0.15, 0.2) is 0 Å². The number of benzene rings is 3. The first kappa shape index (κ1) is 25.9. The van der Waals surface area contributed by atoms with Gasteiger partial charge in [-0.15, -0.1) is 0 Å². The lowest BCUT2D eigenvalue weighted by atomic mass is 10.0. The molecule has 1 aliphatic heterocycles. The molecule has 0 aromatic heterocycles. The van der Waals surface area contributed by atoms with Crippen molar-refractivity contribution in [2.75, 3.05) is 36.4 Å². The summed E-state index contributed by atoms with van der Waals surface area (Å²) in [6.07, 6.45) is 4.99. The van der Waals surface area contributed by atoms with Crippen molar-refractivity contribution in [1.82, 2.24) is 4.90 Å². The first-order valence-electron chi connectivity index (χ1n) is 13.6. The van der Waals surface area contributed by atoms with E-state index in [0.29, 0.717) is 25.2 Å². The van der Waals surface area contributed by atoms with Crippen LogP contribution in [0.4, 0.5) is 15.8 Å². The molecule has 2 aliphatic rings. The molecule has 3 N–H and O–H groups in total. The zero-order valence-corrected chi connectivity index (χ0v) is 21.7. The van der Waals surface area contributed by atoms with E-state index in [1.807, 2.05) is 23.1 Å². The third-order valence-electron chi connectivity index (χ3n) is 7.30. The van der Waals surface area contributed by atoms with Crippen LogP contribution in [0.2, 0.25) is 0 Å². The average Bonchev–Trinajstić information content (AvgIpc) is 3.65. The number of amides is 2. The summed E-state index contributed by atoms with van der Waals surface area (Å²) >= 11 is 0. The van der Waals surface area contributed by atoms with Crippen LogP contribution in [0.25, 0.3) is 11.1 Å². The van der Waals surface area contributed by atoms with Crippen molar-refractivity contribution in [2.45, 2.75) is 38.6 Å². The summed E-state index contributed by atoms with van der Waals surface area (Å²) in [5, 5.41) is 3.07. The Morgan fingerprint density at radius 2 is 1.71 bits per heavy atom. The first-order valence-corrected chi connectivity index (χ1v) is 13.6. The number of nitrogens with one attached hydrogen (secondary N) is 1. The molecule has 0 spiro atoms. The maximum absolute atomic E-state index is 13.4.